The van der Waals surface area contributed by atoms with Gasteiger partial charge in [0.15, 0.2) is 23.1 Å². The van der Waals surface area contributed by atoms with Crippen molar-refractivity contribution in [2.45, 2.75) is 4.90 Å². The Morgan fingerprint density at radius 1 is 1.05 bits per heavy atom. The Labute approximate surface area is 124 Å². The van der Waals surface area contributed by atoms with Gasteiger partial charge in [-0.25, -0.2) is 21.6 Å². The van der Waals surface area contributed by atoms with E-state index < -0.39 is 32.4 Å². The largest absolute Gasteiger partial charge is 0.504 e. The van der Waals surface area contributed by atoms with Crippen molar-refractivity contribution in [1.82, 2.24) is 0 Å². The molecule has 0 spiro atoms. The summed E-state index contributed by atoms with van der Waals surface area (Å²) >= 11 is 0. The van der Waals surface area contributed by atoms with Crippen LogP contribution in [0.15, 0.2) is 35.2 Å². The molecule has 0 saturated heterocycles. The van der Waals surface area contributed by atoms with Gasteiger partial charge in [-0.3, -0.25) is 4.72 Å². The van der Waals surface area contributed by atoms with Crippen molar-refractivity contribution >= 4 is 15.7 Å². The van der Waals surface area contributed by atoms with Gasteiger partial charge >= 0.3 is 0 Å². The Hall–Kier alpha value is -2.42. The first-order valence-electron chi connectivity index (χ1n) is 5.79. The Morgan fingerprint density at radius 2 is 1.68 bits per heavy atom. The lowest BCUT2D eigenvalue weighted by Crippen LogP contribution is -2.15. The SMILES string of the molecule is COc1ccc(NS(=O)(=O)c2cc(F)c(F)cc2F)cc1O. The van der Waals surface area contributed by atoms with Gasteiger partial charge in [0.1, 0.15) is 10.7 Å². The summed E-state index contributed by atoms with van der Waals surface area (Å²) in [6.07, 6.45) is 0. The number of sulfonamides is 1. The second-order valence-corrected chi connectivity index (χ2v) is 5.84. The molecule has 0 unspecified atom stereocenters. The van der Waals surface area contributed by atoms with Crippen molar-refractivity contribution in [3.05, 3.63) is 47.8 Å². The van der Waals surface area contributed by atoms with Crippen molar-refractivity contribution in [3.63, 3.8) is 0 Å². The maximum absolute atomic E-state index is 13.5. The fourth-order valence-corrected chi connectivity index (χ4v) is 2.80. The number of halogens is 3. The minimum absolute atomic E-state index is 0.0990. The van der Waals surface area contributed by atoms with Crippen LogP contribution in [0.25, 0.3) is 0 Å². The molecule has 2 rings (SSSR count). The molecule has 0 atom stereocenters. The third-order valence-electron chi connectivity index (χ3n) is 2.70. The van der Waals surface area contributed by atoms with Gasteiger partial charge in [-0.1, -0.05) is 0 Å². The fraction of sp³-hybridized carbons (Fsp3) is 0.0769. The molecule has 0 aromatic heterocycles. The van der Waals surface area contributed by atoms with E-state index in [-0.39, 0.29) is 29.3 Å². The van der Waals surface area contributed by atoms with Crippen molar-refractivity contribution in [1.29, 1.82) is 0 Å². The van der Waals surface area contributed by atoms with E-state index in [0.29, 0.717) is 0 Å². The Bertz CT molecular complexity index is 824. The first kappa shape index (κ1) is 16.0. The monoisotopic (exact) mass is 333 g/mol. The van der Waals surface area contributed by atoms with Crippen LogP contribution in [0.5, 0.6) is 11.5 Å². The van der Waals surface area contributed by atoms with E-state index in [1.165, 1.54) is 19.2 Å². The minimum atomic E-state index is -4.50. The van der Waals surface area contributed by atoms with Crippen molar-refractivity contribution in [3.8, 4) is 11.5 Å². The maximum atomic E-state index is 13.5. The van der Waals surface area contributed by atoms with Crippen LogP contribution in [0.3, 0.4) is 0 Å². The number of phenolic OH excluding ortho intramolecular Hbond substituents is 1. The van der Waals surface area contributed by atoms with E-state index in [1.54, 1.807) is 0 Å². The Balaban J connectivity index is 2.40. The Morgan fingerprint density at radius 3 is 2.27 bits per heavy atom. The number of methoxy groups -OCH3 is 1. The third kappa shape index (κ3) is 3.08. The number of ether oxygens (including phenoxy) is 1. The lowest BCUT2D eigenvalue weighted by Gasteiger charge is -2.11. The normalized spacial score (nSPS) is 11.3. The fourth-order valence-electron chi connectivity index (χ4n) is 1.67. The molecule has 118 valence electrons. The van der Waals surface area contributed by atoms with Gasteiger partial charge in [-0.05, 0) is 12.1 Å². The molecule has 5 nitrogen and oxygen atoms in total. The maximum Gasteiger partial charge on any atom is 0.264 e. The quantitative estimate of drug-likeness (QED) is 0.844. The van der Waals surface area contributed by atoms with Crippen LogP contribution in [-0.4, -0.2) is 20.6 Å². The third-order valence-corrected chi connectivity index (χ3v) is 4.09. The zero-order valence-corrected chi connectivity index (χ0v) is 11.9. The molecule has 9 heteroatoms. The highest BCUT2D eigenvalue weighted by atomic mass is 32.2. The van der Waals surface area contributed by atoms with Gasteiger partial charge in [0.25, 0.3) is 10.0 Å². The highest BCUT2D eigenvalue weighted by Gasteiger charge is 2.22. The number of rotatable bonds is 4. The number of phenols is 1. The zero-order chi connectivity index (χ0) is 16.5. The summed E-state index contributed by atoms with van der Waals surface area (Å²) in [5, 5.41) is 9.55. The molecule has 0 fully saturated rings. The summed E-state index contributed by atoms with van der Waals surface area (Å²) in [4.78, 5) is -1.05. The van der Waals surface area contributed by atoms with Crippen molar-refractivity contribution in [2.75, 3.05) is 11.8 Å². The summed E-state index contributed by atoms with van der Waals surface area (Å²) < 4.78 is 70.2. The van der Waals surface area contributed by atoms with Crippen LogP contribution in [-0.2, 0) is 10.0 Å². The number of nitrogens with one attached hydrogen (secondary N) is 1. The van der Waals surface area contributed by atoms with Crippen LogP contribution in [0.2, 0.25) is 0 Å². The molecule has 0 saturated carbocycles. The van der Waals surface area contributed by atoms with E-state index >= 15 is 0 Å². The van der Waals surface area contributed by atoms with Gasteiger partial charge in [0.2, 0.25) is 0 Å². The smallest absolute Gasteiger partial charge is 0.264 e. The van der Waals surface area contributed by atoms with Crippen LogP contribution in [0.4, 0.5) is 18.9 Å². The second kappa shape index (κ2) is 5.76. The van der Waals surface area contributed by atoms with Gasteiger partial charge in [0.05, 0.1) is 12.8 Å². The van der Waals surface area contributed by atoms with E-state index in [0.717, 1.165) is 6.07 Å². The zero-order valence-electron chi connectivity index (χ0n) is 11.1. The number of aromatic hydroxyl groups is 1. The highest BCUT2D eigenvalue weighted by Crippen LogP contribution is 2.30. The molecule has 0 bridgehead atoms. The first-order valence-corrected chi connectivity index (χ1v) is 7.27. The molecule has 0 aliphatic rings. The average Bonchev–Trinajstić information content (AvgIpc) is 2.42. The molecule has 2 aromatic rings. The van der Waals surface area contributed by atoms with Crippen molar-refractivity contribution < 1.29 is 31.4 Å². The molecule has 0 heterocycles. The summed E-state index contributed by atoms with van der Waals surface area (Å²) in [5.74, 6) is -4.70. The molecular formula is C13H10F3NO4S. The average molecular weight is 333 g/mol. The number of anilines is 1. The van der Waals surface area contributed by atoms with E-state index in [2.05, 4.69) is 0 Å². The lowest BCUT2D eigenvalue weighted by atomic mass is 10.3. The molecule has 0 amide bonds. The predicted octanol–water partition coefficient (Wildman–Crippen LogP) is 2.62. The molecular weight excluding hydrogens is 323 g/mol. The van der Waals surface area contributed by atoms with E-state index in [1.807, 2.05) is 4.72 Å². The van der Waals surface area contributed by atoms with Crippen LogP contribution >= 0.6 is 0 Å². The van der Waals surface area contributed by atoms with Gasteiger partial charge < -0.3 is 9.84 Å². The predicted molar refractivity (Wildman–Crippen MR) is 71.8 cm³/mol. The van der Waals surface area contributed by atoms with E-state index in [4.69, 9.17) is 4.74 Å². The van der Waals surface area contributed by atoms with Gasteiger partial charge in [-0.2, -0.15) is 0 Å². The molecule has 0 aliphatic carbocycles. The minimum Gasteiger partial charge on any atom is -0.504 e. The molecule has 0 aliphatic heterocycles. The summed E-state index contributed by atoms with van der Waals surface area (Å²) in [6.45, 7) is 0. The number of hydrogen-bond acceptors (Lipinski definition) is 4. The van der Waals surface area contributed by atoms with Crippen LogP contribution in [0.1, 0.15) is 0 Å². The Kier molecular flexibility index (Phi) is 4.18. The second-order valence-electron chi connectivity index (χ2n) is 4.19. The lowest BCUT2D eigenvalue weighted by molar-refractivity contribution is 0.373. The highest BCUT2D eigenvalue weighted by molar-refractivity contribution is 7.92. The van der Waals surface area contributed by atoms with Gasteiger partial charge in [0, 0.05) is 18.2 Å². The topological polar surface area (TPSA) is 75.6 Å². The number of hydrogen-bond donors (Lipinski definition) is 2. The summed E-state index contributed by atoms with van der Waals surface area (Å²) in [6, 6.07) is 3.91. The molecule has 22 heavy (non-hydrogen) atoms. The summed E-state index contributed by atoms with van der Waals surface area (Å²) in [7, 11) is -3.20. The van der Waals surface area contributed by atoms with Crippen molar-refractivity contribution in [2.24, 2.45) is 0 Å². The van der Waals surface area contributed by atoms with Gasteiger partial charge in [-0.15, -0.1) is 0 Å². The molecule has 0 radical (unpaired) electrons. The summed E-state index contributed by atoms with van der Waals surface area (Å²) in [5.41, 5.74) is -0.109. The number of benzene rings is 2. The standard InChI is InChI=1S/C13H10F3NO4S/c1-21-12-3-2-7(4-11(12)18)17-22(19,20)13-6-9(15)8(14)5-10(13)16/h2-6,17-18H,1H3. The first-order chi connectivity index (χ1) is 10.2. The van der Waals surface area contributed by atoms with Crippen LogP contribution < -0.4 is 9.46 Å². The van der Waals surface area contributed by atoms with Crippen LogP contribution in [0, 0.1) is 17.5 Å². The molecule has 2 aromatic carbocycles. The van der Waals surface area contributed by atoms with E-state index in [9.17, 15) is 26.7 Å². The molecule has 2 N–H and O–H groups in total.